The number of benzene rings is 2. The smallest absolute Gasteiger partial charge is 0.344 e. The molecule has 0 saturated heterocycles. The van der Waals surface area contributed by atoms with Gasteiger partial charge in [-0.15, -0.1) is 0 Å². The van der Waals surface area contributed by atoms with Crippen LogP contribution in [-0.2, 0) is 4.79 Å². The normalized spacial score (nSPS) is 11.7. The Hall–Kier alpha value is -2.62. The topological polar surface area (TPSA) is 63.6 Å². The minimum atomic E-state index is -1.03. The van der Waals surface area contributed by atoms with Crippen LogP contribution < -0.4 is 4.74 Å². The lowest BCUT2D eigenvalue weighted by Gasteiger charge is -2.10. The van der Waals surface area contributed by atoms with Gasteiger partial charge in [-0.3, -0.25) is 4.79 Å². The first-order valence-electron chi connectivity index (χ1n) is 6.17. The molecule has 0 aromatic heterocycles. The second kappa shape index (κ2) is 6.02. The van der Waals surface area contributed by atoms with E-state index in [2.05, 4.69) is 0 Å². The largest absolute Gasteiger partial charge is 0.479 e. The number of carbonyl (C=O) groups excluding carboxylic acids is 1. The molecule has 4 heteroatoms. The zero-order chi connectivity index (χ0) is 14.5. The van der Waals surface area contributed by atoms with Crippen molar-refractivity contribution in [1.82, 2.24) is 0 Å². The number of ether oxygens (including phenoxy) is 1. The van der Waals surface area contributed by atoms with Crippen LogP contribution in [0.1, 0.15) is 22.8 Å². The number of ketones is 1. The highest BCUT2D eigenvalue weighted by atomic mass is 16.5. The summed E-state index contributed by atoms with van der Waals surface area (Å²) < 4.78 is 5.21. The van der Waals surface area contributed by atoms with Crippen molar-refractivity contribution in [3.63, 3.8) is 0 Å². The van der Waals surface area contributed by atoms with E-state index >= 15 is 0 Å². The van der Waals surface area contributed by atoms with Crippen LogP contribution in [0, 0.1) is 0 Å². The van der Waals surface area contributed by atoms with E-state index in [1.54, 1.807) is 48.5 Å². The molecule has 0 bridgehead atoms. The summed E-state index contributed by atoms with van der Waals surface area (Å²) in [5, 5.41) is 8.76. The molecule has 0 heterocycles. The lowest BCUT2D eigenvalue weighted by Crippen LogP contribution is -2.22. The summed E-state index contributed by atoms with van der Waals surface area (Å²) in [6.07, 6.45) is -0.925. The predicted octanol–water partition coefficient (Wildman–Crippen LogP) is 2.77. The first kappa shape index (κ1) is 13.8. The molecule has 1 N–H and O–H groups in total. The molecule has 1 atom stereocenters. The molecule has 0 aliphatic carbocycles. The molecular formula is C16H14O4. The van der Waals surface area contributed by atoms with Crippen LogP contribution >= 0.6 is 0 Å². The zero-order valence-electron chi connectivity index (χ0n) is 10.9. The maximum absolute atomic E-state index is 12.2. The Kier molecular flexibility index (Phi) is 4.15. The van der Waals surface area contributed by atoms with E-state index in [1.807, 2.05) is 6.07 Å². The van der Waals surface area contributed by atoms with Gasteiger partial charge in [0.05, 0.1) is 0 Å². The lowest BCUT2D eigenvalue weighted by atomic mass is 10.0. The van der Waals surface area contributed by atoms with Gasteiger partial charge >= 0.3 is 5.97 Å². The Morgan fingerprint density at radius 1 is 0.950 bits per heavy atom. The highest BCUT2D eigenvalue weighted by Gasteiger charge is 2.13. The van der Waals surface area contributed by atoms with Crippen molar-refractivity contribution in [3.8, 4) is 5.75 Å². The van der Waals surface area contributed by atoms with E-state index in [9.17, 15) is 9.59 Å². The van der Waals surface area contributed by atoms with Gasteiger partial charge in [0.1, 0.15) is 5.75 Å². The van der Waals surface area contributed by atoms with Gasteiger partial charge in [-0.1, -0.05) is 30.3 Å². The van der Waals surface area contributed by atoms with Gasteiger partial charge < -0.3 is 9.84 Å². The molecule has 0 aliphatic rings. The van der Waals surface area contributed by atoms with E-state index in [-0.39, 0.29) is 5.78 Å². The lowest BCUT2D eigenvalue weighted by molar-refractivity contribution is -0.144. The van der Waals surface area contributed by atoms with Crippen molar-refractivity contribution in [1.29, 1.82) is 0 Å². The molecule has 0 radical (unpaired) electrons. The maximum atomic E-state index is 12.2. The van der Waals surface area contributed by atoms with E-state index < -0.39 is 12.1 Å². The Morgan fingerprint density at radius 2 is 1.50 bits per heavy atom. The van der Waals surface area contributed by atoms with Crippen molar-refractivity contribution in [2.75, 3.05) is 0 Å². The molecule has 2 aromatic carbocycles. The third kappa shape index (κ3) is 3.23. The molecule has 0 saturated carbocycles. The Labute approximate surface area is 116 Å². The van der Waals surface area contributed by atoms with Gasteiger partial charge in [-0.25, -0.2) is 4.79 Å². The quantitative estimate of drug-likeness (QED) is 0.848. The fraction of sp³-hybridized carbons (Fsp3) is 0.125. The molecule has 0 fully saturated rings. The second-order valence-electron chi connectivity index (χ2n) is 4.32. The summed E-state index contributed by atoms with van der Waals surface area (Å²) in [4.78, 5) is 22.8. The molecule has 2 aromatic rings. The summed E-state index contributed by atoms with van der Waals surface area (Å²) in [7, 11) is 0. The fourth-order valence-corrected chi connectivity index (χ4v) is 1.70. The monoisotopic (exact) mass is 270 g/mol. The van der Waals surface area contributed by atoms with Crippen LogP contribution in [0.15, 0.2) is 54.6 Å². The van der Waals surface area contributed by atoms with E-state index in [4.69, 9.17) is 9.84 Å². The molecule has 0 aliphatic heterocycles. The molecule has 2 rings (SSSR count). The fourth-order valence-electron chi connectivity index (χ4n) is 1.70. The highest BCUT2D eigenvalue weighted by Crippen LogP contribution is 2.16. The summed E-state index contributed by atoms with van der Waals surface area (Å²) in [6, 6.07) is 15.4. The number of carboxylic acids is 1. The standard InChI is InChI=1S/C16H14O4/c1-11(16(18)19)20-14-9-7-13(8-10-14)15(17)12-5-3-2-4-6-12/h2-11H,1H3,(H,18,19). The van der Waals surface area contributed by atoms with Crippen molar-refractivity contribution < 1.29 is 19.4 Å². The number of hydrogen-bond acceptors (Lipinski definition) is 3. The van der Waals surface area contributed by atoms with E-state index in [0.717, 1.165) is 0 Å². The summed E-state index contributed by atoms with van der Waals surface area (Å²) >= 11 is 0. The molecule has 0 amide bonds. The van der Waals surface area contributed by atoms with Gasteiger partial charge in [0.15, 0.2) is 11.9 Å². The number of carboxylic acid groups (broad SMARTS) is 1. The number of aliphatic carboxylic acids is 1. The summed E-state index contributed by atoms with van der Waals surface area (Å²) in [6.45, 7) is 1.45. The average molecular weight is 270 g/mol. The van der Waals surface area contributed by atoms with Gasteiger partial charge in [-0.05, 0) is 31.2 Å². The van der Waals surface area contributed by atoms with Gasteiger partial charge in [0.2, 0.25) is 0 Å². The van der Waals surface area contributed by atoms with Gasteiger partial charge in [-0.2, -0.15) is 0 Å². The number of rotatable bonds is 5. The Morgan fingerprint density at radius 3 is 2.05 bits per heavy atom. The van der Waals surface area contributed by atoms with Crippen molar-refractivity contribution in [3.05, 3.63) is 65.7 Å². The van der Waals surface area contributed by atoms with Crippen molar-refractivity contribution >= 4 is 11.8 Å². The first-order valence-corrected chi connectivity index (χ1v) is 6.17. The van der Waals surface area contributed by atoms with Crippen LogP contribution in [0.3, 0.4) is 0 Å². The van der Waals surface area contributed by atoms with Gasteiger partial charge in [0.25, 0.3) is 0 Å². The Balaban J connectivity index is 2.12. The molecule has 4 nitrogen and oxygen atoms in total. The average Bonchev–Trinajstić information content (AvgIpc) is 2.48. The van der Waals surface area contributed by atoms with E-state index in [0.29, 0.717) is 16.9 Å². The van der Waals surface area contributed by atoms with Crippen LogP contribution in [0.5, 0.6) is 5.75 Å². The van der Waals surface area contributed by atoms with Crippen molar-refractivity contribution in [2.24, 2.45) is 0 Å². The van der Waals surface area contributed by atoms with E-state index in [1.165, 1.54) is 6.92 Å². The molecule has 1 unspecified atom stereocenters. The van der Waals surface area contributed by atoms with Crippen LogP contribution in [0.25, 0.3) is 0 Å². The molecular weight excluding hydrogens is 256 g/mol. The number of hydrogen-bond donors (Lipinski definition) is 1. The zero-order valence-corrected chi connectivity index (χ0v) is 10.9. The maximum Gasteiger partial charge on any atom is 0.344 e. The SMILES string of the molecule is CC(Oc1ccc(C(=O)c2ccccc2)cc1)C(=O)O. The Bertz CT molecular complexity index is 602. The molecule has 20 heavy (non-hydrogen) atoms. The first-order chi connectivity index (χ1) is 9.58. The van der Waals surface area contributed by atoms with Crippen LogP contribution in [0.2, 0.25) is 0 Å². The minimum absolute atomic E-state index is 0.0802. The predicted molar refractivity (Wildman–Crippen MR) is 74.0 cm³/mol. The summed E-state index contributed by atoms with van der Waals surface area (Å²) in [5.41, 5.74) is 1.15. The number of carbonyl (C=O) groups is 2. The molecule has 102 valence electrons. The third-order valence-corrected chi connectivity index (χ3v) is 2.81. The summed E-state index contributed by atoms with van der Waals surface area (Å²) in [5.74, 6) is -0.692. The highest BCUT2D eigenvalue weighted by molar-refractivity contribution is 6.08. The third-order valence-electron chi connectivity index (χ3n) is 2.81. The van der Waals surface area contributed by atoms with Crippen LogP contribution in [0.4, 0.5) is 0 Å². The van der Waals surface area contributed by atoms with Gasteiger partial charge in [0, 0.05) is 11.1 Å². The van der Waals surface area contributed by atoms with Crippen LogP contribution in [-0.4, -0.2) is 23.0 Å². The molecule has 0 spiro atoms. The van der Waals surface area contributed by atoms with Crippen molar-refractivity contribution in [2.45, 2.75) is 13.0 Å². The minimum Gasteiger partial charge on any atom is -0.479 e. The second-order valence-corrected chi connectivity index (χ2v) is 4.32.